The van der Waals surface area contributed by atoms with E-state index in [2.05, 4.69) is 5.32 Å². The lowest BCUT2D eigenvalue weighted by molar-refractivity contribution is -0.113. The van der Waals surface area contributed by atoms with Gasteiger partial charge in [0.15, 0.2) is 5.11 Å². The number of benzene rings is 2. The van der Waals surface area contributed by atoms with Gasteiger partial charge in [-0.3, -0.25) is 9.69 Å². The maximum absolute atomic E-state index is 13.9. The molecular weight excluding hydrogens is 347 g/mol. The van der Waals surface area contributed by atoms with Crippen LogP contribution in [-0.4, -0.2) is 11.0 Å². The van der Waals surface area contributed by atoms with Gasteiger partial charge in [0, 0.05) is 5.56 Å². The number of hydrogen-bond acceptors (Lipinski definition) is 2. The molecule has 1 fully saturated rings. The van der Waals surface area contributed by atoms with Crippen LogP contribution in [0.3, 0.4) is 0 Å². The average Bonchev–Trinajstić information content (AvgIpc) is 2.76. The molecule has 1 aliphatic rings. The molecule has 2 aromatic carbocycles. The highest BCUT2D eigenvalue weighted by atomic mass is 35.5. The summed E-state index contributed by atoms with van der Waals surface area (Å²) in [5.41, 5.74) is 3.06. The van der Waals surface area contributed by atoms with Gasteiger partial charge in [-0.1, -0.05) is 23.7 Å². The first-order valence-corrected chi connectivity index (χ1v) is 8.05. The van der Waals surface area contributed by atoms with Crippen molar-refractivity contribution in [2.45, 2.75) is 13.8 Å². The average molecular weight is 361 g/mol. The highest BCUT2D eigenvalue weighted by Gasteiger charge is 2.32. The molecule has 1 heterocycles. The molecule has 1 amide bonds. The summed E-state index contributed by atoms with van der Waals surface area (Å²) in [4.78, 5) is 14.1. The molecular formula is C18H14ClFN2OS. The van der Waals surface area contributed by atoms with E-state index < -0.39 is 5.82 Å². The van der Waals surface area contributed by atoms with E-state index >= 15 is 0 Å². The molecule has 0 saturated carbocycles. The second-order valence-electron chi connectivity index (χ2n) is 5.61. The van der Waals surface area contributed by atoms with Gasteiger partial charge in [-0.25, -0.2) is 4.39 Å². The summed E-state index contributed by atoms with van der Waals surface area (Å²) in [5, 5.41) is 3.32. The summed E-state index contributed by atoms with van der Waals surface area (Å²) in [7, 11) is 0. The molecule has 0 radical (unpaired) electrons. The molecule has 1 N–H and O–H groups in total. The maximum atomic E-state index is 13.9. The zero-order valence-electron chi connectivity index (χ0n) is 13.1. The van der Waals surface area contributed by atoms with Crippen molar-refractivity contribution in [3.05, 3.63) is 69.6 Å². The Kier molecular flexibility index (Phi) is 4.39. The summed E-state index contributed by atoms with van der Waals surface area (Å²) < 4.78 is 13.9. The van der Waals surface area contributed by atoms with Gasteiger partial charge in [-0.05, 0) is 67.5 Å². The first-order chi connectivity index (χ1) is 11.4. The SMILES string of the molecule is Cc1cc(C)cc(N2C(=O)/C(=C\c3c(F)cccc3Cl)NC2=S)c1. The van der Waals surface area contributed by atoms with Crippen molar-refractivity contribution in [1.82, 2.24) is 5.32 Å². The molecule has 0 atom stereocenters. The van der Waals surface area contributed by atoms with Gasteiger partial charge in [0.2, 0.25) is 0 Å². The minimum atomic E-state index is -0.500. The van der Waals surface area contributed by atoms with E-state index in [1.54, 1.807) is 6.07 Å². The van der Waals surface area contributed by atoms with E-state index in [1.807, 2.05) is 32.0 Å². The number of rotatable bonds is 2. The Hall–Kier alpha value is -2.24. The van der Waals surface area contributed by atoms with E-state index in [-0.39, 0.29) is 27.3 Å². The maximum Gasteiger partial charge on any atom is 0.281 e. The molecule has 0 aromatic heterocycles. The Labute approximate surface area is 149 Å². The van der Waals surface area contributed by atoms with Gasteiger partial charge in [0.05, 0.1) is 10.7 Å². The zero-order valence-corrected chi connectivity index (χ0v) is 14.6. The number of nitrogens with zero attached hydrogens (tertiary/aromatic N) is 1. The summed E-state index contributed by atoms with van der Waals surface area (Å²) in [6.07, 6.45) is 1.38. The standard InChI is InChI=1S/C18H14ClFN2OS/c1-10-6-11(2)8-12(7-10)22-17(23)16(21-18(22)24)9-13-14(19)4-3-5-15(13)20/h3-9H,1-2H3,(H,21,24)/b16-9+. The number of carbonyl (C=O) groups is 1. The van der Waals surface area contributed by atoms with Crippen LogP contribution in [0.5, 0.6) is 0 Å². The topological polar surface area (TPSA) is 32.3 Å². The van der Waals surface area contributed by atoms with Gasteiger partial charge < -0.3 is 5.32 Å². The van der Waals surface area contributed by atoms with Crippen molar-refractivity contribution in [2.24, 2.45) is 0 Å². The molecule has 0 bridgehead atoms. The third-order valence-corrected chi connectivity index (χ3v) is 4.25. The molecule has 3 nitrogen and oxygen atoms in total. The molecule has 3 rings (SSSR count). The van der Waals surface area contributed by atoms with Crippen LogP contribution in [0.15, 0.2) is 42.1 Å². The number of halogens is 2. The Morgan fingerprint density at radius 3 is 2.50 bits per heavy atom. The fraction of sp³-hybridized carbons (Fsp3) is 0.111. The van der Waals surface area contributed by atoms with Crippen LogP contribution in [-0.2, 0) is 4.79 Å². The smallest absolute Gasteiger partial charge is 0.281 e. The molecule has 1 aliphatic heterocycles. The lowest BCUT2D eigenvalue weighted by atomic mass is 10.1. The fourth-order valence-corrected chi connectivity index (χ4v) is 3.16. The largest absolute Gasteiger partial charge is 0.327 e. The molecule has 1 saturated heterocycles. The Morgan fingerprint density at radius 2 is 1.88 bits per heavy atom. The van der Waals surface area contributed by atoms with E-state index in [0.717, 1.165) is 11.1 Å². The first-order valence-electron chi connectivity index (χ1n) is 7.26. The molecule has 122 valence electrons. The van der Waals surface area contributed by atoms with Gasteiger partial charge in [0.1, 0.15) is 11.5 Å². The quantitative estimate of drug-likeness (QED) is 0.638. The summed E-state index contributed by atoms with van der Waals surface area (Å²) in [6.45, 7) is 3.90. The van der Waals surface area contributed by atoms with Crippen LogP contribution in [0.4, 0.5) is 10.1 Å². The van der Waals surface area contributed by atoms with Crippen LogP contribution in [0.2, 0.25) is 5.02 Å². The highest BCUT2D eigenvalue weighted by Crippen LogP contribution is 2.27. The molecule has 0 aliphatic carbocycles. The fourth-order valence-electron chi connectivity index (χ4n) is 2.64. The van der Waals surface area contributed by atoms with Gasteiger partial charge in [-0.2, -0.15) is 0 Å². The van der Waals surface area contributed by atoms with Gasteiger partial charge >= 0.3 is 0 Å². The zero-order chi connectivity index (χ0) is 17.4. The summed E-state index contributed by atoms with van der Waals surface area (Å²) >= 11 is 11.3. The van der Waals surface area contributed by atoms with Crippen LogP contribution in [0, 0.1) is 19.7 Å². The molecule has 0 spiro atoms. The predicted octanol–water partition coefficient (Wildman–Crippen LogP) is 4.36. The van der Waals surface area contributed by atoms with E-state index in [1.165, 1.54) is 23.1 Å². The number of anilines is 1. The third-order valence-electron chi connectivity index (χ3n) is 3.63. The third kappa shape index (κ3) is 3.05. The van der Waals surface area contributed by atoms with Crippen LogP contribution in [0.25, 0.3) is 6.08 Å². The molecule has 6 heteroatoms. The Morgan fingerprint density at radius 1 is 1.21 bits per heavy atom. The van der Waals surface area contributed by atoms with Crippen molar-refractivity contribution in [1.29, 1.82) is 0 Å². The highest BCUT2D eigenvalue weighted by molar-refractivity contribution is 7.80. The van der Waals surface area contributed by atoms with Crippen molar-refractivity contribution in [2.75, 3.05) is 4.90 Å². The van der Waals surface area contributed by atoms with E-state index in [4.69, 9.17) is 23.8 Å². The molecule has 2 aromatic rings. The first kappa shape index (κ1) is 16.6. The Bertz CT molecular complexity index is 854. The number of thiocarbonyl (C=S) groups is 1. The number of amides is 1. The van der Waals surface area contributed by atoms with E-state index in [0.29, 0.717) is 5.69 Å². The number of carbonyl (C=O) groups excluding carboxylic acids is 1. The lowest BCUT2D eigenvalue weighted by Gasteiger charge is -2.15. The second kappa shape index (κ2) is 6.34. The van der Waals surface area contributed by atoms with Crippen molar-refractivity contribution in [3.8, 4) is 0 Å². The summed E-state index contributed by atoms with van der Waals surface area (Å²) in [6, 6.07) is 10.1. The van der Waals surface area contributed by atoms with Crippen molar-refractivity contribution in [3.63, 3.8) is 0 Å². The predicted molar refractivity (Wildman–Crippen MR) is 98.5 cm³/mol. The molecule has 0 unspecified atom stereocenters. The normalized spacial score (nSPS) is 16.0. The number of nitrogens with one attached hydrogen (secondary N) is 1. The van der Waals surface area contributed by atoms with Crippen molar-refractivity contribution < 1.29 is 9.18 Å². The lowest BCUT2D eigenvalue weighted by Crippen LogP contribution is -2.30. The minimum absolute atomic E-state index is 0.153. The summed E-state index contributed by atoms with van der Waals surface area (Å²) in [5.74, 6) is -0.843. The minimum Gasteiger partial charge on any atom is -0.327 e. The van der Waals surface area contributed by atoms with Gasteiger partial charge in [0.25, 0.3) is 5.91 Å². The van der Waals surface area contributed by atoms with Crippen molar-refractivity contribution >= 4 is 46.6 Å². The van der Waals surface area contributed by atoms with E-state index in [9.17, 15) is 9.18 Å². The van der Waals surface area contributed by atoms with Crippen LogP contribution >= 0.6 is 23.8 Å². The van der Waals surface area contributed by atoms with Crippen LogP contribution < -0.4 is 10.2 Å². The molecule has 24 heavy (non-hydrogen) atoms. The number of aryl methyl sites for hydroxylation is 2. The van der Waals surface area contributed by atoms with Crippen LogP contribution in [0.1, 0.15) is 16.7 Å². The Balaban J connectivity index is 2.02. The van der Waals surface area contributed by atoms with Gasteiger partial charge in [-0.15, -0.1) is 0 Å². The monoisotopic (exact) mass is 360 g/mol. The second-order valence-corrected chi connectivity index (χ2v) is 6.40. The number of hydrogen-bond donors (Lipinski definition) is 1.